The second-order valence-corrected chi connectivity index (χ2v) is 9.32. The minimum absolute atomic E-state index is 0.269. The van der Waals surface area contributed by atoms with Crippen LogP contribution in [0, 0.1) is 6.92 Å². The Morgan fingerprint density at radius 1 is 1.12 bits per heavy atom. The molecule has 0 spiro atoms. The summed E-state index contributed by atoms with van der Waals surface area (Å²) in [4.78, 5) is 17.8. The molecule has 7 nitrogen and oxygen atoms in total. The number of aromatic amines is 1. The smallest absolute Gasteiger partial charge is 0.228 e. The quantitative estimate of drug-likeness (QED) is 0.410. The van der Waals surface area contributed by atoms with Crippen LogP contribution >= 0.6 is 0 Å². The van der Waals surface area contributed by atoms with Crippen molar-refractivity contribution in [2.24, 2.45) is 0 Å². The van der Waals surface area contributed by atoms with E-state index >= 15 is 0 Å². The van der Waals surface area contributed by atoms with E-state index in [0.29, 0.717) is 11.7 Å². The van der Waals surface area contributed by atoms with Gasteiger partial charge < -0.3 is 10.3 Å². The fraction of sp³-hybridized carbons (Fsp3) is 0.308. The standard InChI is InChI=1S/C26H27N7/c1-15(2)21-14-28-33-25(21)31-24(17-10-16(3)12-27-13-17)32-26(33)29-18-8-9-23-20(11-18)19-6-4-5-7-22(19)30-23/h4-7,10,12-15,18,30H,8-9,11H2,1-3H3,(H,29,31,32)/t18-/m1/s1. The molecule has 166 valence electrons. The van der Waals surface area contributed by atoms with Crippen LogP contribution in [0.5, 0.6) is 0 Å². The Bertz CT molecular complexity index is 1480. The molecular weight excluding hydrogens is 410 g/mol. The van der Waals surface area contributed by atoms with E-state index in [4.69, 9.17) is 9.97 Å². The molecule has 0 amide bonds. The lowest BCUT2D eigenvalue weighted by molar-refractivity contribution is 0.599. The largest absolute Gasteiger partial charge is 0.358 e. The highest BCUT2D eigenvalue weighted by atomic mass is 15.4. The van der Waals surface area contributed by atoms with Crippen molar-refractivity contribution >= 4 is 22.5 Å². The van der Waals surface area contributed by atoms with Gasteiger partial charge in [0, 0.05) is 46.2 Å². The molecule has 1 aliphatic rings. The zero-order chi connectivity index (χ0) is 22.5. The fourth-order valence-electron chi connectivity index (χ4n) is 4.88. The van der Waals surface area contributed by atoms with Crippen LogP contribution in [-0.4, -0.2) is 35.6 Å². The SMILES string of the molecule is Cc1cncc(-c2nc(N[C@@H]3CCc4[nH]c5ccccc5c4C3)n3ncc(C(C)C)c3n2)c1. The van der Waals surface area contributed by atoms with Gasteiger partial charge in [0.15, 0.2) is 11.5 Å². The van der Waals surface area contributed by atoms with Crippen LogP contribution in [-0.2, 0) is 12.8 Å². The maximum atomic E-state index is 4.92. The minimum atomic E-state index is 0.269. The van der Waals surface area contributed by atoms with E-state index in [1.54, 1.807) is 0 Å². The average molecular weight is 438 g/mol. The summed E-state index contributed by atoms with van der Waals surface area (Å²) in [7, 11) is 0. The first-order chi connectivity index (χ1) is 16.1. The highest BCUT2D eigenvalue weighted by Crippen LogP contribution is 2.31. The predicted octanol–water partition coefficient (Wildman–Crippen LogP) is 5.07. The molecule has 5 aromatic rings. The second kappa shape index (κ2) is 7.69. The van der Waals surface area contributed by atoms with E-state index in [1.807, 2.05) is 30.0 Å². The monoisotopic (exact) mass is 437 g/mol. The summed E-state index contributed by atoms with van der Waals surface area (Å²) in [5.41, 5.74) is 7.95. The Labute approximate surface area is 192 Å². The third-order valence-corrected chi connectivity index (χ3v) is 6.58. The lowest BCUT2D eigenvalue weighted by Gasteiger charge is -2.24. The van der Waals surface area contributed by atoms with E-state index in [1.165, 1.54) is 22.2 Å². The van der Waals surface area contributed by atoms with Crippen molar-refractivity contribution < 1.29 is 0 Å². The Balaban J connectivity index is 1.41. The molecule has 0 saturated carbocycles. The van der Waals surface area contributed by atoms with Crippen molar-refractivity contribution in [1.82, 2.24) is 29.5 Å². The predicted molar refractivity (Wildman–Crippen MR) is 131 cm³/mol. The zero-order valence-electron chi connectivity index (χ0n) is 19.1. The van der Waals surface area contributed by atoms with Gasteiger partial charge in [-0.2, -0.15) is 14.6 Å². The Morgan fingerprint density at radius 2 is 2.00 bits per heavy atom. The Morgan fingerprint density at radius 3 is 2.85 bits per heavy atom. The first-order valence-corrected chi connectivity index (χ1v) is 11.6. The molecule has 0 unspecified atom stereocenters. The van der Waals surface area contributed by atoms with Crippen LogP contribution < -0.4 is 5.32 Å². The lowest BCUT2D eigenvalue weighted by atomic mass is 9.91. The van der Waals surface area contributed by atoms with E-state index in [-0.39, 0.29) is 6.04 Å². The molecule has 0 saturated heterocycles. The number of pyridine rings is 1. The molecule has 0 bridgehead atoms. The summed E-state index contributed by atoms with van der Waals surface area (Å²) in [6, 6.07) is 10.9. The zero-order valence-corrected chi connectivity index (χ0v) is 19.1. The molecule has 7 heteroatoms. The lowest BCUT2D eigenvalue weighted by Crippen LogP contribution is -2.29. The Kier molecular flexibility index (Phi) is 4.64. The number of benzene rings is 1. The number of hydrogen-bond donors (Lipinski definition) is 2. The Hall–Kier alpha value is -3.74. The van der Waals surface area contributed by atoms with Crippen LogP contribution in [0.15, 0.2) is 48.9 Å². The van der Waals surface area contributed by atoms with Crippen LogP contribution in [0.1, 0.15) is 48.6 Å². The maximum Gasteiger partial charge on any atom is 0.228 e. The van der Waals surface area contributed by atoms with Gasteiger partial charge in [-0.15, -0.1) is 0 Å². The number of anilines is 1. The molecule has 4 aromatic heterocycles. The van der Waals surface area contributed by atoms with Crippen LogP contribution in [0.3, 0.4) is 0 Å². The molecule has 0 aliphatic heterocycles. The van der Waals surface area contributed by atoms with Crippen molar-refractivity contribution in [2.45, 2.75) is 52.0 Å². The van der Waals surface area contributed by atoms with Crippen molar-refractivity contribution in [3.05, 3.63) is 71.3 Å². The van der Waals surface area contributed by atoms with Crippen LogP contribution in [0.25, 0.3) is 27.9 Å². The van der Waals surface area contributed by atoms with Gasteiger partial charge in [-0.3, -0.25) is 4.98 Å². The summed E-state index contributed by atoms with van der Waals surface area (Å²) in [6.45, 7) is 6.37. The van der Waals surface area contributed by atoms with E-state index in [0.717, 1.165) is 47.5 Å². The van der Waals surface area contributed by atoms with Crippen LogP contribution in [0.2, 0.25) is 0 Å². The summed E-state index contributed by atoms with van der Waals surface area (Å²) in [6.07, 6.45) is 8.58. The van der Waals surface area contributed by atoms with Gasteiger partial charge in [-0.05, 0) is 55.4 Å². The number of H-pyrrole nitrogens is 1. The number of rotatable bonds is 4. The number of nitrogens with zero attached hydrogens (tertiary/aromatic N) is 5. The number of fused-ring (bicyclic) bond motifs is 4. The molecule has 6 rings (SSSR count). The van der Waals surface area contributed by atoms with Crippen molar-refractivity contribution in [3.8, 4) is 11.4 Å². The van der Waals surface area contributed by atoms with Gasteiger partial charge in [0.1, 0.15) is 0 Å². The highest BCUT2D eigenvalue weighted by Gasteiger charge is 2.24. The minimum Gasteiger partial charge on any atom is -0.358 e. The van der Waals surface area contributed by atoms with E-state index < -0.39 is 0 Å². The molecule has 0 fully saturated rings. The van der Waals surface area contributed by atoms with Gasteiger partial charge in [0.25, 0.3) is 0 Å². The first kappa shape index (κ1) is 19.9. The molecule has 0 radical (unpaired) electrons. The first-order valence-electron chi connectivity index (χ1n) is 11.6. The van der Waals surface area contributed by atoms with E-state index in [9.17, 15) is 0 Å². The highest BCUT2D eigenvalue weighted by molar-refractivity contribution is 5.85. The van der Waals surface area contributed by atoms with Crippen molar-refractivity contribution in [1.29, 1.82) is 0 Å². The van der Waals surface area contributed by atoms with Crippen molar-refractivity contribution in [3.63, 3.8) is 0 Å². The topological polar surface area (TPSA) is 83.8 Å². The second-order valence-electron chi connectivity index (χ2n) is 9.32. The third-order valence-electron chi connectivity index (χ3n) is 6.58. The number of aromatic nitrogens is 6. The molecule has 33 heavy (non-hydrogen) atoms. The van der Waals surface area contributed by atoms with Crippen LogP contribution in [0.4, 0.5) is 5.95 Å². The maximum absolute atomic E-state index is 4.92. The fourth-order valence-corrected chi connectivity index (χ4v) is 4.88. The normalized spacial score (nSPS) is 15.9. The van der Waals surface area contributed by atoms with Gasteiger partial charge in [0.2, 0.25) is 5.95 Å². The summed E-state index contributed by atoms with van der Waals surface area (Å²) in [5.74, 6) is 1.72. The number of para-hydroxylation sites is 1. The van der Waals surface area contributed by atoms with Gasteiger partial charge in [0.05, 0.1) is 6.20 Å². The number of aryl methyl sites for hydroxylation is 2. The summed E-state index contributed by atoms with van der Waals surface area (Å²) in [5, 5.41) is 9.68. The molecule has 2 N–H and O–H groups in total. The number of hydrogen-bond acceptors (Lipinski definition) is 5. The summed E-state index contributed by atoms with van der Waals surface area (Å²) < 4.78 is 1.85. The average Bonchev–Trinajstić information content (AvgIpc) is 3.41. The van der Waals surface area contributed by atoms with Crippen molar-refractivity contribution in [2.75, 3.05) is 5.32 Å². The molecule has 1 atom stereocenters. The van der Waals surface area contributed by atoms with E-state index in [2.05, 4.69) is 64.6 Å². The molecular formula is C26H27N7. The molecule has 1 aromatic carbocycles. The summed E-state index contributed by atoms with van der Waals surface area (Å²) >= 11 is 0. The van der Waals surface area contributed by atoms with Gasteiger partial charge in [-0.25, -0.2) is 4.98 Å². The number of nitrogens with one attached hydrogen (secondary N) is 2. The third kappa shape index (κ3) is 3.44. The molecule has 1 aliphatic carbocycles. The van der Waals surface area contributed by atoms with Gasteiger partial charge >= 0.3 is 0 Å². The molecule has 4 heterocycles. The van der Waals surface area contributed by atoms with Gasteiger partial charge in [-0.1, -0.05) is 32.0 Å².